The summed E-state index contributed by atoms with van der Waals surface area (Å²) in [6, 6.07) is 8.40. The molecular weight excluding hydrogens is 541 g/mol. The van der Waals surface area contributed by atoms with E-state index in [1.807, 2.05) is 30.5 Å². The Balaban J connectivity index is 1.25. The van der Waals surface area contributed by atoms with Crippen LogP contribution in [0.5, 0.6) is 0 Å². The van der Waals surface area contributed by atoms with Crippen LogP contribution in [0.4, 0.5) is 0 Å². The molecule has 1 atom stereocenters. The van der Waals surface area contributed by atoms with E-state index < -0.39 is 12.0 Å². The van der Waals surface area contributed by atoms with Crippen LogP contribution >= 0.6 is 23.2 Å². The number of likely N-dealkylation sites (tertiary alicyclic amines) is 1. The van der Waals surface area contributed by atoms with Crippen molar-refractivity contribution in [2.75, 3.05) is 33.2 Å². The molecule has 3 N–H and O–H groups in total. The molecule has 2 aliphatic rings. The molecule has 12 heteroatoms. The van der Waals surface area contributed by atoms with E-state index in [0.29, 0.717) is 46.8 Å². The summed E-state index contributed by atoms with van der Waals surface area (Å²) in [7, 11) is 1.70. The first kappa shape index (κ1) is 27.2. The molecule has 206 valence electrons. The number of carbonyl (C=O) groups is 2. The fourth-order valence-corrected chi connectivity index (χ4v) is 5.89. The van der Waals surface area contributed by atoms with Crippen LogP contribution < -0.4 is 10.6 Å². The number of aliphatic carboxylic acids is 1. The first-order valence-corrected chi connectivity index (χ1v) is 13.8. The molecule has 5 rings (SSSR count). The molecule has 39 heavy (non-hydrogen) atoms. The first-order chi connectivity index (χ1) is 18.9. The predicted octanol–water partition coefficient (Wildman–Crippen LogP) is 3.05. The van der Waals surface area contributed by atoms with Crippen LogP contribution in [0.2, 0.25) is 10.0 Å². The number of hydrogen-bond donors (Lipinski definition) is 3. The lowest BCUT2D eigenvalue weighted by Gasteiger charge is -2.30. The van der Waals surface area contributed by atoms with Crippen molar-refractivity contribution in [2.45, 2.75) is 38.4 Å². The molecule has 10 nitrogen and oxygen atoms in total. The maximum atomic E-state index is 13.2. The minimum absolute atomic E-state index is 0.150. The number of guanidine groups is 1. The third-order valence-corrected chi connectivity index (χ3v) is 8.07. The number of carbonyl (C=O) groups excluding carboxylic acids is 1. The van der Waals surface area contributed by atoms with Crippen LogP contribution in [0.1, 0.15) is 40.0 Å². The van der Waals surface area contributed by atoms with Gasteiger partial charge in [0.15, 0.2) is 11.7 Å². The fourth-order valence-electron chi connectivity index (χ4n) is 5.16. The highest BCUT2D eigenvalue weighted by Gasteiger charge is 2.28. The van der Waals surface area contributed by atoms with Gasteiger partial charge < -0.3 is 20.2 Å². The minimum atomic E-state index is -0.981. The Bertz CT molecular complexity index is 1380. The number of hydrogen-bond acceptors (Lipinski definition) is 5. The lowest BCUT2D eigenvalue weighted by molar-refractivity contribution is -0.139. The Morgan fingerprint density at radius 2 is 1.95 bits per heavy atom. The number of benzene rings is 1. The Kier molecular flexibility index (Phi) is 8.25. The molecule has 0 bridgehead atoms. The molecule has 2 aliphatic heterocycles. The number of carboxylic acids is 1. The van der Waals surface area contributed by atoms with Crippen molar-refractivity contribution in [2.24, 2.45) is 4.99 Å². The van der Waals surface area contributed by atoms with E-state index >= 15 is 0 Å². The molecule has 3 aromatic rings. The van der Waals surface area contributed by atoms with Crippen LogP contribution in [0.3, 0.4) is 0 Å². The van der Waals surface area contributed by atoms with Gasteiger partial charge in [-0.25, -0.2) is 4.52 Å². The van der Waals surface area contributed by atoms with Crippen molar-refractivity contribution in [1.82, 2.24) is 30.0 Å². The smallest absolute Gasteiger partial charge is 0.322 e. The van der Waals surface area contributed by atoms with Crippen molar-refractivity contribution in [3.63, 3.8) is 0 Å². The highest BCUT2D eigenvalue weighted by atomic mass is 35.5. The van der Waals surface area contributed by atoms with Gasteiger partial charge in [-0.1, -0.05) is 29.3 Å². The highest BCUT2D eigenvalue weighted by molar-refractivity contribution is 6.36. The fraction of sp³-hybridized carbons (Fsp3) is 0.407. The molecular formula is C27H31Cl2N7O3. The molecule has 1 aromatic carbocycles. The van der Waals surface area contributed by atoms with Gasteiger partial charge in [-0.2, -0.15) is 5.10 Å². The quantitative estimate of drug-likeness (QED) is 0.295. The molecule has 2 aromatic heterocycles. The maximum absolute atomic E-state index is 13.2. The van der Waals surface area contributed by atoms with Crippen LogP contribution in [-0.4, -0.2) is 81.6 Å². The number of aromatic nitrogens is 2. The van der Waals surface area contributed by atoms with Gasteiger partial charge in [-0.05, 0) is 54.7 Å². The van der Waals surface area contributed by atoms with Crippen LogP contribution in [-0.2, 0) is 24.3 Å². The molecule has 1 saturated heterocycles. The Morgan fingerprint density at radius 3 is 2.67 bits per heavy atom. The number of nitrogens with zero attached hydrogens (tertiary/aromatic N) is 5. The van der Waals surface area contributed by atoms with Crippen molar-refractivity contribution in [1.29, 1.82) is 0 Å². The van der Waals surface area contributed by atoms with Crippen LogP contribution in [0.15, 0.2) is 41.5 Å². The number of aliphatic imine (C=N–C) groups is 1. The van der Waals surface area contributed by atoms with E-state index in [1.54, 1.807) is 22.5 Å². The number of rotatable bonds is 7. The molecule has 0 spiro atoms. The summed E-state index contributed by atoms with van der Waals surface area (Å²) < 4.78 is 1.68. The van der Waals surface area contributed by atoms with E-state index in [9.17, 15) is 14.7 Å². The van der Waals surface area contributed by atoms with Gasteiger partial charge >= 0.3 is 5.97 Å². The van der Waals surface area contributed by atoms with Crippen LogP contribution in [0, 0.1) is 0 Å². The third kappa shape index (κ3) is 5.83. The predicted molar refractivity (Wildman–Crippen MR) is 151 cm³/mol. The normalized spacial score (nSPS) is 16.4. The zero-order chi connectivity index (χ0) is 27.5. The Labute approximate surface area is 236 Å². The lowest BCUT2D eigenvalue weighted by Crippen LogP contribution is -2.49. The molecule has 0 unspecified atom stereocenters. The van der Waals surface area contributed by atoms with Gasteiger partial charge in [0.05, 0.1) is 10.5 Å². The van der Waals surface area contributed by atoms with Gasteiger partial charge in [-0.15, -0.1) is 0 Å². The number of nitrogens with one attached hydrogen (secondary N) is 2. The van der Waals surface area contributed by atoms with E-state index in [-0.39, 0.29) is 19.0 Å². The van der Waals surface area contributed by atoms with Gasteiger partial charge in [0, 0.05) is 63.1 Å². The largest absolute Gasteiger partial charge is 0.480 e. The minimum Gasteiger partial charge on any atom is -0.480 e. The zero-order valence-corrected chi connectivity index (χ0v) is 23.2. The number of pyridine rings is 1. The number of amides is 1. The monoisotopic (exact) mass is 571 g/mol. The number of fused-ring (bicyclic) bond motifs is 2. The summed E-state index contributed by atoms with van der Waals surface area (Å²) in [5.41, 5.74) is 3.69. The van der Waals surface area contributed by atoms with Crippen molar-refractivity contribution >= 4 is 46.6 Å². The molecule has 0 aliphatic carbocycles. The summed E-state index contributed by atoms with van der Waals surface area (Å²) >= 11 is 13.4. The topological polar surface area (TPSA) is 115 Å². The molecule has 0 saturated carbocycles. The molecule has 0 radical (unpaired) electrons. The average Bonchev–Trinajstić information content (AvgIpc) is 3.61. The summed E-state index contributed by atoms with van der Waals surface area (Å²) in [5.74, 6) is -0.429. The first-order valence-electron chi connectivity index (χ1n) is 13.0. The van der Waals surface area contributed by atoms with Gasteiger partial charge in [0.1, 0.15) is 6.04 Å². The second-order valence-corrected chi connectivity index (χ2v) is 10.5. The summed E-state index contributed by atoms with van der Waals surface area (Å²) in [4.78, 5) is 33.3. The lowest BCUT2D eigenvalue weighted by atomic mass is 9.96. The van der Waals surface area contributed by atoms with Gasteiger partial charge in [-0.3, -0.25) is 19.9 Å². The van der Waals surface area contributed by atoms with E-state index in [1.165, 1.54) is 0 Å². The summed E-state index contributed by atoms with van der Waals surface area (Å²) in [5, 5.41) is 21.4. The van der Waals surface area contributed by atoms with Crippen molar-refractivity contribution < 1.29 is 14.7 Å². The van der Waals surface area contributed by atoms with Crippen molar-refractivity contribution in [3.05, 3.63) is 69.0 Å². The van der Waals surface area contributed by atoms with E-state index in [2.05, 4.69) is 25.6 Å². The van der Waals surface area contributed by atoms with Gasteiger partial charge in [0.25, 0.3) is 5.91 Å². The highest BCUT2D eigenvalue weighted by Crippen LogP contribution is 2.35. The number of halogens is 2. The second kappa shape index (κ2) is 11.8. The molecule has 1 fully saturated rings. The van der Waals surface area contributed by atoms with Crippen molar-refractivity contribution in [3.8, 4) is 0 Å². The van der Waals surface area contributed by atoms with Gasteiger partial charge in [0.2, 0.25) is 0 Å². The molecule has 1 amide bonds. The maximum Gasteiger partial charge on any atom is 0.322 e. The van der Waals surface area contributed by atoms with E-state index in [0.717, 1.165) is 42.6 Å². The SMILES string of the molecule is C/N=C(/NC[C@H](NCc1c(Cl)cc2c(c1Cl)CCN(C(=O)c1cc3ccccn3n1)C2)C(=O)O)N1CCCC1. The van der Waals surface area contributed by atoms with E-state index in [4.69, 9.17) is 23.2 Å². The average molecular weight is 572 g/mol. The van der Waals surface area contributed by atoms with Crippen LogP contribution in [0.25, 0.3) is 5.52 Å². The Morgan fingerprint density at radius 1 is 1.15 bits per heavy atom. The Hall–Kier alpha value is -3.34. The summed E-state index contributed by atoms with van der Waals surface area (Å²) in [6.07, 6.45) is 4.57. The third-order valence-electron chi connectivity index (χ3n) is 7.28. The zero-order valence-electron chi connectivity index (χ0n) is 21.7. The molecule has 4 heterocycles. The number of carboxylic acid groups (broad SMARTS) is 1. The standard InChI is InChI=1S/C27H31Cl2N7O3/c1-30-27(34-8-4-5-9-34)32-15-23(26(38)39)31-14-20-21(28)12-17-16-35(11-7-19(17)24(20)29)25(37)22-13-18-6-2-3-10-36(18)33-22/h2-3,6,10,12-13,23,31H,4-5,7-9,11,14-16H2,1H3,(H,30,32)(H,38,39)/t23-/m0/s1. The summed E-state index contributed by atoms with van der Waals surface area (Å²) in [6.45, 7) is 3.03. The second-order valence-electron chi connectivity index (χ2n) is 9.76.